The zero-order valence-electron chi connectivity index (χ0n) is 9.65. The fourth-order valence-electron chi connectivity index (χ4n) is 1.86. The fourth-order valence-corrected chi connectivity index (χ4v) is 2.30. The summed E-state index contributed by atoms with van der Waals surface area (Å²) in [6, 6.07) is 14.1. The first-order valence-electron chi connectivity index (χ1n) is 5.69. The van der Waals surface area contributed by atoms with Crippen LogP contribution in [-0.2, 0) is 6.54 Å². The lowest BCUT2D eigenvalue weighted by atomic mass is 10.2. The highest BCUT2D eigenvalue weighted by Crippen LogP contribution is 2.34. The molecule has 18 heavy (non-hydrogen) atoms. The van der Waals surface area contributed by atoms with Crippen LogP contribution >= 0.6 is 15.9 Å². The second-order valence-electron chi connectivity index (χ2n) is 4.05. The first-order valence-corrected chi connectivity index (χ1v) is 6.48. The average Bonchev–Trinajstić information content (AvgIpc) is 2.84. The number of fused-ring (bicyclic) bond motifs is 1. The van der Waals surface area contributed by atoms with E-state index in [1.807, 2.05) is 30.3 Å². The highest BCUT2D eigenvalue weighted by Gasteiger charge is 2.12. The van der Waals surface area contributed by atoms with Crippen molar-refractivity contribution in [2.45, 2.75) is 6.54 Å². The van der Waals surface area contributed by atoms with Gasteiger partial charge in [-0.1, -0.05) is 28.1 Å². The lowest BCUT2D eigenvalue weighted by Gasteiger charge is -2.07. The second kappa shape index (κ2) is 4.90. The largest absolute Gasteiger partial charge is 0.454 e. The van der Waals surface area contributed by atoms with Crippen molar-refractivity contribution < 1.29 is 9.47 Å². The van der Waals surface area contributed by atoms with Crippen LogP contribution in [0.25, 0.3) is 0 Å². The van der Waals surface area contributed by atoms with Crippen molar-refractivity contribution >= 4 is 21.6 Å². The van der Waals surface area contributed by atoms with E-state index in [9.17, 15) is 0 Å². The minimum Gasteiger partial charge on any atom is -0.454 e. The molecule has 0 aliphatic carbocycles. The number of ether oxygens (including phenoxy) is 2. The Morgan fingerprint density at radius 2 is 1.94 bits per heavy atom. The topological polar surface area (TPSA) is 30.5 Å². The van der Waals surface area contributed by atoms with Crippen LogP contribution in [0.2, 0.25) is 0 Å². The quantitative estimate of drug-likeness (QED) is 0.936. The van der Waals surface area contributed by atoms with Crippen molar-refractivity contribution in [3.63, 3.8) is 0 Å². The van der Waals surface area contributed by atoms with Gasteiger partial charge in [-0.15, -0.1) is 0 Å². The molecule has 0 radical (unpaired) electrons. The van der Waals surface area contributed by atoms with Crippen LogP contribution in [0.4, 0.5) is 5.69 Å². The van der Waals surface area contributed by atoms with Crippen LogP contribution in [0.5, 0.6) is 11.5 Å². The van der Waals surface area contributed by atoms with E-state index in [1.54, 1.807) is 0 Å². The number of nitrogens with one attached hydrogen (secondary N) is 1. The number of benzene rings is 2. The molecule has 0 saturated heterocycles. The molecule has 0 aromatic heterocycles. The normalized spacial score (nSPS) is 12.5. The highest BCUT2D eigenvalue weighted by atomic mass is 79.9. The molecule has 0 amide bonds. The molecule has 0 saturated carbocycles. The van der Waals surface area contributed by atoms with Gasteiger partial charge in [-0.2, -0.15) is 0 Å². The molecule has 0 unspecified atom stereocenters. The van der Waals surface area contributed by atoms with Crippen LogP contribution in [0.3, 0.4) is 0 Å². The van der Waals surface area contributed by atoms with Crippen molar-refractivity contribution in [2.75, 3.05) is 12.1 Å². The summed E-state index contributed by atoms with van der Waals surface area (Å²) in [6.07, 6.45) is 0. The second-order valence-corrected chi connectivity index (χ2v) is 4.97. The van der Waals surface area contributed by atoms with Crippen molar-refractivity contribution in [3.05, 3.63) is 52.5 Å². The smallest absolute Gasteiger partial charge is 0.231 e. The number of rotatable bonds is 3. The highest BCUT2D eigenvalue weighted by molar-refractivity contribution is 9.10. The van der Waals surface area contributed by atoms with Gasteiger partial charge < -0.3 is 14.8 Å². The molecular formula is C14H12BrNO2. The molecule has 0 bridgehead atoms. The van der Waals surface area contributed by atoms with E-state index >= 15 is 0 Å². The minimum absolute atomic E-state index is 0.310. The molecule has 1 N–H and O–H groups in total. The standard InChI is InChI=1S/C14H12BrNO2/c15-11-3-1-2-10(6-11)8-16-12-4-5-13-14(7-12)18-9-17-13/h1-7,16H,8-9H2. The van der Waals surface area contributed by atoms with Crippen LogP contribution in [-0.4, -0.2) is 6.79 Å². The monoisotopic (exact) mass is 305 g/mol. The van der Waals surface area contributed by atoms with E-state index in [4.69, 9.17) is 9.47 Å². The number of anilines is 1. The van der Waals surface area contributed by atoms with Crippen molar-refractivity contribution in [3.8, 4) is 11.5 Å². The Kier molecular flexibility index (Phi) is 3.11. The van der Waals surface area contributed by atoms with E-state index in [0.717, 1.165) is 28.2 Å². The first kappa shape index (κ1) is 11.4. The molecule has 3 rings (SSSR count). The molecule has 4 heteroatoms. The van der Waals surface area contributed by atoms with Gasteiger partial charge in [0.25, 0.3) is 0 Å². The number of hydrogen-bond acceptors (Lipinski definition) is 3. The molecule has 2 aromatic rings. The molecular weight excluding hydrogens is 294 g/mol. The predicted octanol–water partition coefficient (Wildman–Crippen LogP) is 3.79. The van der Waals surface area contributed by atoms with Gasteiger partial charge >= 0.3 is 0 Å². The summed E-state index contributed by atoms with van der Waals surface area (Å²) in [5, 5.41) is 3.36. The summed E-state index contributed by atoms with van der Waals surface area (Å²) < 4.78 is 11.7. The van der Waals surface area contributed by atoms with Crippen LogP contribution in [0.1, 0.15) is 5.56 Å². The third kappa shape index (κ3) is 2.43. The molecule has 2 aromatic carbocycles. The summed E-state index contributed by atoms with van der Waals surface area (Å²) in [5.41, 5.74) is 2.25. The molecule has 1 heterocycles. The third-order valence-corrected chi connectivity index (χ3v) is 3.25. The van der Waals surface area contributed by atoms with E-state index < -0.39 is 0 Å². The van der Waals surface area contributed by atoms with Gasteiger partial charge in [-0.25, -0.2) is 0 Å². The molecule has 0 atom stereocenters. The van der Waals surface area contributed by atoms with E-state index in [0.29, 0.717) is 6.79 Å². The molecule has 0 fully saturated rings. The van der Waals surface area contributed by atoms with E-state index in [-0.39, 0.29) is 0 Å². The molecule has 0 spiro atoms. The lowest BCUT2D eigenvalue weighted by molar-refractivity contribution is 0.174. The maximum absolute atomic E-state index is 5.34. The van der Waals surface area contributed by atoms with Gasteiger partial charge in [0.15, 0.2) is 11.5 Å². The van der Waals surface area contributed by atoms with Gasteiger partial charge in [-0.3, -0.25) is 0 Å². The Balaban J connectivity index is 1.70. The third-order valence-electron chi connectivity index (χ3n) is 2.76. The van der Waals surface area contributed by atoms with E-state index in [1.165, 1.54) is 5.56 Å². The van der Waals surface area contributed by atoms with Gasteiger partial charge in [0, 0.05) is 22.8 Å². The Bertz CT molecular complexity index is 571. The first-order chi connectivity index (χ1) is 8.81. The molecule has 3 nitrogen and oxygen atoms in total. The van der Waals surface area contributed by atoms with Gasteiger partial charge in [0.1, 0.15) is 0 Å². The Morgan fingerprint density at radius 3 is 2.83 bits per heavy atom. The van der Waals surface area contributed by atoms with E-state index in [2.05, 4.69) is 33.4 Å². The zero-order valence-corrected chi connectivity index (χ0v) is 11.2. The van der Waals surface area contributed by atoms with Crippen LogP contribution in [0.15, 0.2) is 46.9 Å². The Hall–Kier alpha value is -1.68. The van der Waals surface area contributed by atoms with Crippen molar-refractivity contribution in [1.29, 1.82) is 0 Å². The van der Waals surface area contributed by atoms with Gasteiger partial charge in [0.05, 0.1) is 0 Å². The summed E-state index contributed by atoms with van der Waals surface area (Å²) in [6.45, 7) is 1.09. The minimum atomic E-state index is 0.310. The van der Waals surface area contributed by atoms with Crippen LogP contribution in [0, 0.1) is 0 Å². The summed E-state index contributed by atoms with van der Waals surface area (Å²) in [7, 11) is 0. The van der Waals surface area contributed by atoms with Crippen molar-refractivity contribution in [2.24, 2.45) is 0 Å². The number of hydrogen-bond donors (Lipinski definition) is 1. The SMILES string of the molecule is Brc1cccc(CNc2ccc3c(c2)OCO3)c1. The molecule has 92 valence electrons. The van der Waals surface area contributed by atoms with Gasteiger partial charge in [-0.05, 0) is 29.8 Å². The summed E-state index contributed by atoms with van der Waals surface area (Å²) in [5.74, 6) is 1.61. The maximum Gasteiger partial charge on any atom is 0.231 e. The average molecular weight is 306 g/mol. The Morgan fingerprint density at radius 1 is 1.06 bits per heavy atom. The summed E-state index contributed by atoms with van der Waals surface area (Å²) >= 11 is 3.46. The Labute approximate surface area is 114 Å². The predicted molar refractivity (Wildman–Crippen MR) is 74.0 cm³/mol. The van der Waals surface area contributed by atoms with Gasteiger partial charge in [0.2, 0.25) is 6.79 Å². The molecule has 1 aliphatic rings. The zero-order chi connectivity index (χ0) is 12.4. The number of halogens is 1. The fraction of sp³-hybridized carbons (Fsp3) is 0.143. The summed E-state index contributed by atoms with van der Waals surface area (Å²) in [4.78, 5) is 0. The lowest BCUT2D eigenvalue weighted by Crippen LogP contribution is -1.99. The van der Waals surface area contributed by atoms with Crippen molar-refractivity contribution in [1.82, 2.24) is 0 Å². The molecule has 1 aliphatic heterocycles. The maximum atomic E-state index is 5.34. The van der Waals surface area contributed by atoms with Crippen LogP contribution < -0.4 is 14.8 Å².